The van der Waals surface area contributed by atoms with Gasteiger partial charge in [-0.15, -0.1) is 0 Å². The highest BCUT2D eigenvalue weighted by Gasteiger charge is 2.23. The average molecular weight is 198 g/mol. The lowest BCUT2D eigenvalue weighted by Crippen LogP contribution is -2.05. The van der Waals surface area contributed by atoms with Crippen molar-refractivity contribution in [2.45, 2.75) is 12.8 Å². The van der Waals surface area contributed by atoms with Gasteiger partial charge in [-0.3, -0.25) is 4.57 Å². The lowest BCUT2D eigenvalue weighted by Gasteiger charge is -2.19. The molecule has 0 spiro atoms. The van der Waals surface area contributed by atoms with Crippen molar-refractivity contribution < 1.29 is 13.7 Å². The fraction of sp³-hybridized carbons (Fsp3) is 1.00. The highest BCUT2D eigenvalue weighted by molar-refractivity contribution is 7.64. The monoisotopic (exact) mass is 198 g/mol. The van der Waals surface area contributed by atoms with Crippen LogP contribution in [0.4, 0.5) is 0 Å². The fourth-order valence-electron chi connectivity index (χ4n) is 0.481. The second-order valence-electron chi connectivity index (χ2n) is 3.39. The summed E-state index contributed by atoms with van der Waals surface area (Å²) in [6, 6.07) is 0. The first kappa shape index (κ1) is 11.4. The number of rotatable bonds is 3. The molecule has 0 aliphatic heterocycles. The second-order valence-corrected chi connectivity index (χ2v) is 9.70. The first-order valence-corrected chi connectivity index (χ1v) is 8.60. The molecule has 0 radical (unpaired) electrons. The van der Waals surface area contributed by atoms with Crippen molar-refractivity contribution in [2.24, 2.45) is 0 Å². The van der Waals surface area contributed by atoms with E-state index in [1.165, 1.54) is 13.3 Å². The van der Waals surface area contributed by atoms with Crippen molar-refractivity contribution in [2.75, 3.05) is 26.7 Å². The molecule has 0 aromatic carbocycles. The summed E-state index contributed by atoms with van der Waals surface area (Å²) in [5.74, 6) is -0.400. The van der Waals surface area contributed by atoms with Crippen LogP contribution in [-0.2, 0) is 13.7 Å². The van der Waals surface area contributed by atoms with E-state index in [0.717, 1.165) is 0 Å². The predicted molar refractivity (Wildman–Crippen MR) is 49.5 cm³/mol. The van der Waals surface area contributed by atoms with E-state index in [1.807, 2.05) is 0 Å². The van der Waals surface area contributed by atoms with Crippen LogP contribution in [0.25, 0.3) is 0 Å². The van der Waals surface area contributed by atoms with Crippen molar-refractivity contribution in [3.8, 4) is 0 Å². The molecule has 0 saturated carbocycles. The van der Waals surface area contributed by atoms with E-state index in [1.54, 1.807) is 20.3 Å². The predicted octanol–water partition coefficient (Wildman–Crippen LogP) is 2.51. The molecule has 0 heterocycles. The van der Waals surface area contributed by atoms with Crippen LogP contribution in [0.3, 0.4) is 0 Å². The van der Waals surface area contributed by atoms with Crippen LogP contribution < -0.4 is 0 Å². The summed E-state index contributed by atoms with van der Waals surface area (Å²) in [6.07, 6.45) is 0. The third kappa shape index (κ3) is 5.66. The van der Waals surface area contributed by atoms with Gasteiger partial charge in [-0.2, -0.15) is 0 Å². The summed E-state index contributed by atoms with van der Waals surface area (Å²) >= 11 is 0. The molecular weight excluding hydrogens is 182 g/mol. The van der Waals surface area contributed by atoms with E-state index >= 15 is 0 Å². The minimum atomic E-state index is -2.49. The summed E-state index contributed by atoms with van der Waals surface area (Å²) < 4.78 is 27.6. The lowest BCUT2D eigenvalue weighted by atomic mass is 10.9. The number of hydrogen-bond acceptors (Lipinski definition) is 3. The Kier molecular flexibility index (Phi) is 3.56. The summed E-state index contributed by atoms with van der Waals surface area (Å²) in [4.78, 5) is 0. The Labute approximate surface area is 68.3 Å². The molecule has 11 heavy (non-hydrogen) atoms. The Hall–Kier alpha value is 0.420. The van der Waals surface area contributed by atoms with Gasteiger partial charge in [0.1, 0.15) is 13.0 Å². The second kappa shape index (κ2) is 3.43. The molecule has 68 valence electrons. The zero-order chi connectivity index (χ0) is 9.28. The molecule has 0 bridgehead atoms. The average Bonchev–Trinajstić information content (AvgIpc) is 1.56. The summed E-state index contributed by atoms with van der Waals surface area (Å²) in [5, 5.41) is 0. The van der Waals surface area contributed by atoms with Gasteiger partial charge in [0.05, 0.1) is 0 Å². The van der Waals surface area contributed by atoms with Gasteiger partial charge in [0.25, 0.3) is 0 Å². The van der Waals surface area contributed by atoms with Crippen LogP contribution in [-0.4, -0.2) is 32.5 Å². The van der Waals surface area contributed by atoms with Gasteiger partial charge >= 0.3 is 0 Å². The molecule has 0 amide bonds. The maximum atomic E-state index is 11.3. The van der Waals surface area contributed by atoms with Crippen LogP contribution in [0.1, 0.15) is 6.92 Å². The molecule has 5 heteroatoms. The third-order valence-corrected chi connectivity index (χ3v) is 4.13. The molecule has 1 atom stereocenters. The first-order chi connectivity index (χ1) is 4.63. The molecule has 3 nitrogen and oxygen atoms in total. The van der Waals surface area contributed by atoms with E-state index in [9.17, 15) is 9.13 Å². The Balaban J connectivity index is 4.22. The zero-order valence-electron chi connectivity index (χ0n) is 7.70. The SMILES string of the molecule is CC(OP(C)(C)=O)P(C)(C)=O. The van der Waals surface area contributed by atoms with Crippen LogP contribution in [0.15, 0.2) is 0 Å². The Morgan fingerprint density at radius 1 is 1.09 bits per heavy atom. The standard InChI is InChI=1S/C6H16O3P2/c1-6(10(2,3)7)9-11(4,5)8/h6H,1-5H3. The van der Waals surface area contributed by atoms with Crippen molar-refractivity contribution in [3.05, 3.63) is 0 Å². The molecule has 0 aromatic heterocycles. The normalized spacial score (nSPS) is 16.5. The fourth-order valence-corrected chi connectivity index (χ4v) is 2.81. The maximum absolute atomic E-state index is 11.3. The van der Waals surface area contributed by atoms with Gasteiger partial charge in [0, 0.05) is 13.3 Å². The Bertz CT molecular complexity index is 212. The first-order valence-electron chi connectivity index (χ1n) is 3.41. The van der Waals surface area contributed by atoms with E-state index in [2.05, 4.69) is 0 Å². The van der Waals surface area contributed by atoms with E-state index < -0.39 is 20.4 Å². The molecule has 0 rings (SSSR count). The molecule has 0 fully saturated rings. The van der Waals surface area contributed by atoms with Crippen molar-refractivity contribution in [3.63, 3.8) is 0 Å². The van der Waals surface area contributed by atoms with Crippen molar-refractivity contribution in [1.82, 2.24) is 0 Å². The summed E-state index contributed by atoms with van der Waals surface area (Å²) in [6.45, 7) is 8.01. The van der Waals surface area contributed by atoms with Crippen molar-refractivity contribution in [1.29, 1.82) is 0 Å². The molecule has 0 aliphatic carbocycles. The van der Waals surface area contributed by atoms with Gasteiger partial charge in [0.2, 0.25) is 0 Å². The smallest absolute Gasteiger partial charge is 0.197 e. The summed E-state index contributed by atoms with van der Waals surface area (Å²) in [7, 11) is -4.74. The summed E-state index contributed by atoms with van der Waals surface area (Å²) in [5.41, 5.74) is 0. The largest absolute Gasteiger partial charge is 0.321 e. The number of hydrogen-bond donors (Lipinski definition) is 0. The van der Waals surface area contributed by atoms with Gasteiger partial charge in [-0.05, 0) is 20.3 Å². The highest BCUT2D eigenvalue weighted by atomic mass is 31.2. The van der Waals surface area contributed by atoms with E-state index in [0.29, 0.717) is 0 Å². The molecular formula is C6H16O3P2. The van der Waals surface area contributed by atoms with Crippen molar-refractivity contribution >= 4 is 14.5 Å². The highest BCUT2D eigenvalue weighted by Crippen LogP contribution is 2.50. The quantitative estimate of drug-likeness (QED) is 0.654. The zero-order valence-corrected chi connectivity index (χ0v) is 9.49. The van der Waals surface area contributed by atoms with Crippen LogP contribution in [0, 0.1) is 0 Å². The van der Waals surface area contributed by atoms with Gasteiger partial charge in [0.15, 0.2) is 7.37 Å². The van der Waals surface area contributed by atoms with Crippen LogP contribution in [0.2, 0.25) is 0 Å². The van der Waals surface area contributed by atoms with Gasteiger partial charge in [-0.1, -0.05) is 0 Å². The third-order valence-electron chi connectivity index (χ3n) is 1.28. The van der Waals surface area contributed by atoms with Gasteiger partial charge in [-0.25, -0.2) is 0 Å². The lowest BCUT2D eigenvalue weighted by molar-refractivity contribution is 0.297. The van der Waals surface area contributed by atoms with E-state index in [-0.39, 0.29) is 0 Å². The van der Waals surface area contributed by atoms with E-state index in [4.69, 9.17) is 4.52 Å². The molecule has 0 saturated heterocycles. The molecule has 0 aromatic rings. The Morgan fingerprint density at radius 2 is 1.45 bits per heavy atom. The topological polar surface area (TPSA) is 43.4 Å². The van der Waals surface area contributed by atoms with Crippen LogP contribution in [0.5, 0.6) is 0 Å². The molecule has 0 N–H and O–H groups in total. The minimum Gasteiger partial charge on any atom is -0.321 e. The van der Waals surface area contributed by atoms with Gasteiger partial charge < -0.3 is 9.09 Å². The molecule has 1 unspecified atom stereocenters. The Morgan fingerprint density at radius 3 is 1.55 bits per heavy atom. The van der Waals surface area contributed by atoms with Crippen LogP contribution >= 0.6 is 14.5 Å². The maximum Gasteiger partial charge on any atom is 0.197 e. The minimum absolute atomic E-state index is 0.400. The molecule has 0 aliphatic rings.